The third-order valence-electron chi connectivity index (χ3n) is 3.12. The monoisotopic (exact) mass is 288 g/mol. The van der Waals surface area contributed by atoms with Crippen LogP contribution < -0.4 is 5.32 Å². The molecule has 0 aliphatic heterocycles. The number of alkyl halides is 3. The Morgan fingerprint density at radius 1 is 1.15 bits per heavy atom. The van der Waals surface area contributed by atoms with Crippen LogP contribution in [0.15, 0.2) is 24.3 Å². The van der Waals surface area contributed by atoms with Gasteiger partial charge in [-0.05, 0) is 24.2 Å². The molecule has 2 nitrogen and oxygen atoms in total. The van der Waals surface area contributed by atoms with Gasteiger partial charge in [0.25, 0.3) is 0 Å². The Bertz CT molecular complexity index is 385. The van der Waals surface area contributed by atoms with E-state index >= 15 is 0 Å². The van der Waals surface area contributed by atoms with Crippen LogP contribution in [0.3, 0.4) is 0 Å². The molecule has 0 fully saturated rings. The Labute approximate surface area is 119 Å². The quantitative estimate of drug-likeness (QED) is 0.826. The number of hydrogen-bond donors (Lipinski definition) is 1. The molecule has 0 unspecified atom stereocenters. The third kappa shape index (κ3) is 5.92. The summed E-state index contributed by atoms with van der Waals surface area (Å²) in [4.78, 5) is 2.21. The molecular weight excluding hydrogens is 265 g/mol. The minimum absolute atomic E-state index is 0.444. The standard InChI is InChI=1S/C15H23F3N2/c1-4-20(10-9-19-12(2)3)11-13-5-7-14(8-6-13)15(16,17)18/h5-8,12,19H,4,9-11H2,1-3H3. The Kier molecular flexibility index (Phi) is 6.49. The average molecular weight is 288 g/mol. The molecule has 1 rings (SSSR count). The molecule has 0 radical (unpaired) electrons. The van der Waals surface area contributed by atoms with E-state index in [0.717, 1.165) is 37.3 Å². The maximum Gasteiger partial charge on any atom is 0.416 e. The van der Waals surface area contributed by atoms with E-state index in [-0.39, 0.29) is 0 Å². The summed E-state index contributed by atoms with van der Waals surface area (Å²) in [7, 11) is 0. The van der Waals surface area contributed by atoms with E-state index in [0.29, 0.717) is 12.6 Å². The predicted molar refractivity (Wildman–Crippen MR) is 75.5 cm³/mol. The first-order valence-electron chi connectivity index (χ1n) is 6.94. The summed E-state index contributed by atoms with van der Waals surface area (Å²) in [5.41, 5.74) is 0.315. The fraction of sp³-hybridized carbons (Fsp3) is 0.600. The lowest BCUT2D eigenvalue weighted by Gasteiger charge is -2.21. The Hall–Kier alpha value is -1.07. The number of nitrogens with zero attached hydrogens (tertiary/aromatic N) is 1. The van der Waals surface area contributed by atoms with Crippen molar-refractivity contribution in [1.82, 2.24) is 10.2 Å². The van der Waals surface area contributed by atoms with Crippen LogP contribution in [0.4, 0.5) is 13.2 Å². The summed E-state index contributed by atoms with van der Waals surface area (Å²) in [6.45, 7) is 9.55. The topological polar surface area (TPSA) is 15.3 Å². The van der Waals surface area contributed by atoms with Crippen molar-refractivity contribution >= 4 is 0 Å². The van der Waals surface area contributed by atoms with Gasteiger partial charge < -0.3 is 5.32 Å². The summed E-state index contributed by atoms with van der Waals surface area (Å²) in [5, 5.41) is 3.33. The second-order valence-electron chi connectivity index (χ2n) is 5.17. The molecule has 0 bridgehead atoms. The van der Waals surface area contributed by atoms with Crippen LogP contribution in [0.1, 0.15) is 31.9 Å². The summed E-state index contributed by atoms with van der Waals surface area (Å²) in [6, 6.07) is 5.85. The van der Waals surface area contributed by atoms with Gasteiger partial charge in [0.15, 0.2) is 0 Å². The highest BCUT2D eigenvalue weighted by Gasteiger charge is 2.29. The number of likely N-dealkylation sites (N-methyl/N-ethyl adjacent to an activating group) is 1. The van der Waals surface area contributed by atoms with Crippen molar-refractivity contribution in [2.75, 3.05) is 19.6 Å². The molecule has 1 N–H and O–H groups in total. The minimum Gasteiger partial charge on any atom is -0.313 e. The predicted octanol–water partition coefficient (Wildman–Crippen LogP) is 3.53. The van der Waals surface area contributed by atoms with Gasteiger partial charge in [-0.25, -0.2) is 0 Å². The van der Waals surface area contributed by atoms with Gasteiger partial charge in [0.05, 0.1) is 5.56 Å². The van der Waals surface area contributed by atoms with Crippen molar-refractivity contribution in [1.29, 1.82) is 0 Å². The van der Waals surface area contributed by atoms with Gasteiger partial charge in [-0.1, -0.05) is 32.9 Å². The molecule has 114 valence electrons. The van der Waals surface area contributed by atoms with Crippen LogP contribution in [0.2, 0.25) is 0 Å². The van der Waals surface area contributed by atoms with Crippen LogP contribution >= 0.6 is 0 Å². The number of rotatable bonds is 7. The van der Waals surface area contributed by atoms with Crippen LogP contribution in [0.25, 0.3) is 0 Å². The lowest BCUT2D eigenvalue weighted by Crippen LogP contribution is -2.34. The fourth-order valence-electron chi connectivity index (χ4n) is 1.92. The van der Waals surface area contributed by atoms with Gasteiger partial charge in [-0.3, -0.25) is 4.90 Å². The summed E-state index contributed by atoms with van der Waals surface area (Å²) >= 11 is 0. The van der Waals surface area contributed by atoms with E-state index in [1.165, 1.54) is 0 Å². The van der Waals surface area contributed by atoms with Gasteiger partial charge in [0.2, 0.25) is 0 Å². The molecule has 0 saturated heterocycles. The zero-order valence-corrected chi connectivity index (χ0v) is 12.3. The second-order valence-corrected chi connectivity index (χ2v) is 5.17. The van der Waals surface area contributed by atoms with E-state index in [1.807, 2.05) is 0 Å². The number of halogens is 3. The van der Waals surface area contributed by atoms with Gasteiger partial charge in [-0.2, -0.15) is 13.2 Å². The maximum absolute atomic E-state index is 12.5. The fourth-order valence-corrected chi connectivity index (χ4v) is 1.92. The zero-order chi connectivity index (χ0) is 15.2. The molecule has 0 saturated carbocycles. The van der Waals surface area contributed by atoms with Crippen LogP contribution in [0, 0.1) is 0 Å². The van der Waals surface area contributed by atoms with Crippen LogP contribution in [-0.4, -0.2) is 30.6 Å². The van der Waals surface area contributed by atoms with Crippen molar-refractivity contribution in [2.45, 2.75) is 39.5 Å². The molecule has 0 atom stereocenters. The SMILES string of the molecule is CCN(CCNC(C)C)Cc1ccc(C(F)(F)F)cc1. The molecule has 0 aliphatic carbocycles. The van der Waals surface area contributed by atoms with E-state index in [2.05, 4.69) is 31.0 Å². The molecule has 1 aromatic rings. The number of hydrogen-bond acceptors (Lipinski definition) is 2. The average Bonchev–Trinajstić information content (AvgIpc) is 2.36. The van der Waals surface area contributed by atoms with E-state index in [1.54, 1.807) is 12.1 Å². The van der Waals surface area contributed by atoms with Gasteiger partial charge in [0.1, 0.15) is 0 Å². The number of nitrogens with one attached hydrogen (secondary N) is 1. The normalized spacial score (nSPS) is 12.4. The summed E-state index contributed by atoms with van der Waals surface area (Å²) in [5.74, 6) is 0. The van der Waals surface area contributed by atoms with Gasteiger partial charge in [0, 0.05) is 25.7 Å². The first kappa shape index (κ1) is 17.0. The molecule has 0 aliphatic rings. The lowest BCUT2D eigenvalue weighted by molar-refractivity contribution is -0.137. The minimum atomic E-state index is -4.26. The molecule has 20 heavy (non-hydrogen) atoms. The highest BCUT2D eigenvalue weighted by Crippen LogP contribution is 2.29. The first-order chi connectivity index (χ1) is 9.32. The molecular formula is C15H23F3N2. The van der Waals surface area contributed by atoms with E-state index < -0.39 is 11.7 Å². The smallest absolute Gasteiger partial charge is 0.313 e. The molecule has 0 spiro atoms. The molecule has 5 heteroatoms. The molecule has 1 aromatic carbocycles. The van der Waals surface area contributed by atoms with Gasteiger partial charge in [-0.15, -0.1) is 0 Å². The Morgan fingerprint density at radius 2 is 1.75 bits per heavy atom. The zero-order valence-electron chi connectivity index (χ0n) is 12.3. The van der Waals surface area contributed by atoms with E-state index in [4.69, 9.17) is 0 Å². The molecule has 0 heterocycles. The lowest BCUT2D eigenvalue weighted by atomic mass is 10.1. The summed E-state index contributed by atoms with van der Waals surface area (Å²) < 4.78 is 37.4. The van der Waals surface area contributed by atoms with E-state index in [9.17, 15) is 13.2 Å². The van der Waals surface area contributed by atoms with Crippen molar-refractivity contribution < 1.29 is 13.2 Å². The highest BCUT2D eigenvalue weighted by molar-refractivity contribution is 5.24. The third-order valence-corrected chi connectivity index (χ3v) is 3.12. The number of benzene rings is 1. The van der Waals surface area contributed by atoms with Crippen molar-refractivity contribution in [3.63, 3.8) is 0 Å². The van der Waals surface area contributed by atoms with Gasteiger partial charge >= 0.3 is 6.18 Å². The maximum atomic E-state index is 12.5. The highest BCUT2D eigenvalue weighted by atomic mass is 19.4. The Morgan fingerprint density at radius 3 is 2.20 bits per heavy atom. The largest absolute Gasteiger partial charge is 0.416 e. The Balaban J connectivity index is 2.53. The van der Waals surface area contributed by atoms with Crippen LogP contribution in [0.5, 0.6) is 0 Å². The summed E-state index contributed by atoms with van der Waals surface area (Å²) in [6.07, 6.45) is -4.26. The molecule has 0 amide bonds. The second kappa shape index (κ2) is 7.64. The van der Waals surface area contributed by atoms with Crippen molar-refractivity contribution in [2.24, 2.45) is 0 Å². The first-order valence-corrected chi connectivity index (χ1v) is 6.94. The van der Waals surface area contributed by atoms with Crippen molar-refractivity contribution in [3.05, 3.63) is 35.4 Å². The van der Waals surface area contributed by atoms with Crippen LogP contribution in [-0.2, 0) is 12.7 Å². The van der Waals surface area contributed by atoms with Crippen molar-refractivity contribution in [3.8, 4) is 0 Å². The molecule has 0 aromatic heterocycles.